The molecule has 1 aromatic rings. The van der Waals surface area contributed by atoms with Crippen LogP contribution in [0.2, 0.25) is 0 Å². The normalized spacial score (nSPS) is 32.0. The number of fused-ring (bicyclic) bond motifs is 1. The predicted molar refractivity (Wildman–Crippen MR) is 87.0 cm³/mol. The van der Waals surface area contributed by atoms with Gasteiger partial charge in [-0.3, -0.25) is 4.90 Å². The maximum absolute atomic E-state index is 5.99. The van der Waals surface area contributed by atoms with E-state index in [2.05, 4.69) is 21.3 Å². The van der Waals surface area contributed by atoms with Gasteiger partial charge in [-0.15, -0.1) is 0 Å². The minimum atomic E-state index is 0.0110. The molecule has 1 saturated carbocycles. The molecule has 0 amide bonds. The summed E-state index contributed by atoms with van der Waals surface area (Å²) < 4.78 is 11.6. The Bertz CT molecular complexity index is 510. The van der Waals surface area contributed by atoms with E-state index in [4.69, 9.17) is 9.47 Å². The molecule has 0 radical (unpaired) electrons. The number of likely N-dealkylation sites (tertiary alicyclic amines) is 1. The van der Waals surface area contributed by atoms with Crippen LogP contribution in [0.5, 0.6) is 0 Å². The molecule has 0 bridgehead atoms. The molecule has 1 aliphatic heterocycles. The Morgan fingerprint density at radius 1 is 1.41 bits per heavy atom. The highest BCUT2D eigenvalue weighted by molar-refractivity contribution is 5.43. The van der Waals surface area contributed by atoms with Gasteiger partial charge in [-0.1, -0.05) is 6.07 Å². The molecule has 0 aromatic carbocycles. The average molecular weight is 305 g/mol. The minimum Gasteiger partial charge on any atom is -0.381 e. The third-order valence-corrected chi connectivity index (χ3v) is 5.49. The first-order valence-electron chi connectivity index (χ1n) is 8.16. The second kappa shape index (κ2) is 6.52. The maximum atomic E-state index is 5.99. The van der Waals surface area contributed by atoms with Gasteiger partial charge in [0, 0.05) is 52.2 Å². The van der Waals surface area contributed by atoms with Gasteiger partial charge in [-0.2, -0.15) is 0 Å². The summed E-state index contributed by atoms with van der Waals surface area (Å²) >= 11 is 0. The second-order valence-electron chi connectivity index (χ2n) is 6.40. The van der Waals surface area contributed by atoms with Crippen molar-refractivity contribution in [3.05, 3.63) is 23.9 Å². The van der Waals surface area contributed by atoms with E-state index in [9.17, 15) is 0 Å². The van der Waals surface area contributed by atoms with Crippen LogP contribution in [0, 0.1) is 0 Å². The van der Waals surface area contributed by atoms with E-state index in [0.29, 0.717) is 12.1 Å². The molecule has 2 fully saturated rings. The summed E-state index contributed by atoms with van der Waals surface area (Å²) in [5, 5.41) is 3.19. The van der Waals surface area contributed by atoms with Gasteiger partial charge in [0.05, 0.1) is 11.7 Å². The smallest absolute Gasteiger partial charge is 0.130 e. The van der Waals surface area contributed by atoms with Crippen LogP contribution in [0.4, 0.5) is 5.82 Å². The van der Waals surface area contributed by atoms with Gasteiger partial charge in [-0.25, -0.2) is 4.98 Å². The van der Waals surface area contributed by atoms with Gasteiger partial charge in [0.25, 0.3) is 0 Å². The molecule has 5 heteroatoms. The number of hydrogen-bond donors (Lipinski definition) is 1. The van der Waals surface area contributed by atoms with E-state index in [1.165, 1.54) is 5.56 Å². The lowest BCUT2D eigenvalue weighted by Crippen LogP contribution is -2.51. The van der Waals surface area contributed by atoms with E-state index in [0.717, 1.165) is 44.6 Å². The molecular weight excluding hydrogens is 278 g/mol. The minimum absolute atomic E-state index is 0.0110. The molecule has 3 atom stereocenters. The topological polar surface area (TPSA) is 46.6 Å². The number of pyridine rings is 1. The van der Waals surface area contributed by atoms with Gasteiger partial charge in [0.15, 0.2) is 0 Å². The summed E-state index contributed by atoms with van der Waals surface area (Å²) in [6.07, 6.45) is 6.55. The van der Waals surface area contributed by atoms with Crippen LogP contribution in [0.15, 0.2) is 18.3 Å². The lowest BCUT2D eigenvalue weighted by Gasteiger charge is -2.43. The van der Waals surface area contributed by atoms with Crippen molar-refractivity contribution >= 4 is 5.82 Å². The molecule has 0 unspecified atom stereocenters. The third kappa shape index (κ3) is 2.73. The maximum Gasteiger partial charge on any atom is 0.130 e. The average Bonchev–Trinajstić information content (AvgIpc) is 2.93. The Morgan fingerprint density at radius 3 is 3.00 bits per heavy atom. The number of anilines is 1. The molecule has 1 N–H and O–H groups in total. The van der Waals surface area contributed by atoms with Crippen molar-refractivity contribution in [3.8, 4) is 0 Å². The highest BCUT2D eigenvalue weighted by atomic mass is 16.5. The van der Waals surface area contributed by atoms with Crippen LogP contribution >= 0.6 is 0 Å². The second-order valence-corrected chi connectivity index (χ2v) is 6.40. The Labute approximate surface area is 133 Å². The van der Waals surface area contributed by atoms with Crippen molar-refractivity contribution in [2.24, 2.45) is 0 Å². The number of aromatic nitrogens is 1. The van der Waals surface area contributed by atoms with E-state index in [1.807, 2.05) is 33.5 Å². The Balaban J connectivity index is 1.79. The summed E-state index contributed by atoms with van der Waals surface area (Å²) in [6.45, 7) is 1.99. The number of ether oxygens (including phenoxy) is 2. The van der Waals surface area contributed by atoms with E-state index >= 15 is 0 Å². The zero-order valence-electron chi connectivity index (χ0n) is 13.8. The van der Waals surface area contributed by atoms with Crippen LogP contribution in [0.3, 0.4) is 0 Å². The van der Waals surface area contributed by atoms with Crippen LogP contribution < -0.4 is 5.32 Å². The summed E-state index contributed by atoms with van der Waals surface area (Å²) in [6, 6.07) is 4.60. The SMILES string of the molecule is CNc1ncccc1CN1CC[C@]2(OC)CC[C@@H](OC)C[C@H]12. The lowest BCUT2D eigenvalue weighted by atomic mass is 9.79. The van der Waals surface area contributed by atoms with Crippen molar-refractivity contribution in [2.45, 2.75) is 50.0 Å². The van der Waals surface area contributed by atoms with E-state index < -0.39 is 0 Å². The molecule has 0 spiro atoms. The largest absolute Gasteiger partial charge is 0.381 e. The molecule has 2 heterocycles. The fraction of sp³-hybridized carbons (Fsp3) is 0.706. The van der Waals surface area contributed by atoms with Crippen LogP contribution in [-0.4, -0.2) is 55.4 Å². The van der Waals surface area contributed by atoms with Gasteiger partial charge >= 0.3 is 0 Å². The van der Waals surface area contributed by atoms with E-state index in [1.54, 1.807) is 0 Å². The highest BCUT2D eigenvalue weighted by Crippen LogP contribution is 2.43. The number of methoxy groups -OCH3 is 2. The third-order valence-electron chi connectivity index (χ3n) is 5.49. The van der Waals surface area contributed by atoms with E-state index in [-0.39, 0.29) is 5.60 Å². The molecule has 22 heavy (non-hydrogen) atoms. The number of rotatable bonds is 5. The molecule has 2 aliphatic rings. The standard InChI is InChI=1S/C17H27N3O2/c1-18-16-13(5-4-9-19-16)12-20-10-8-17(22-3)7-6-14(21-2)11-15(17)20/h4-5,9,14-15H,6-8,10-12H2,1-3H3,(H,18,19)/t14-,15+,17-/m1/s1. The molecule has 122 valence electrons. The van der Waals surface area contributed by atoms with Crippen molar-refractivity contribution in [1.82, 2.24) is 9.88 Å². The van der Waals surface area contributed by atoms with Crippen molar-refractivity contribution < 1.29 is 9.47 Å². The van der Waals surface area contributed by atoms with Gasteiger partial charge in [0.2, 0.25) is 0 Å². The zero-order valence-corrected chi connectivity index (χ0v) is 13.8. The zero-order chi connectivity index (χ0) is 15.6. The predicted octanol–water partition coefficient (Wildman–Crippen LogP) is 2.28. The van der Waals surface area contributed by atoms with Crippen LogP contribution in [-0.2, 0) is 16.0 Å². The van der Waals surface area contributed by atoms with Crippen molar-refractivity contribution in [3.63, 3.8) is 0 Å². The fourth-order valence-corrected chi connectivity index (χ4v) is 4.17. The van der Waals surface area contributed by atoms with Crippen LogP contribution in [0.1, 0.15) is 31.2 Å². The highest BCUT2D eigenvalue weighted by Gasteiger charge is 2.51. The Kier molecular flexibility index (Phi) is 4.66. The molecule has 5 nitrogen and oxygen atoms in total. The molecule has 3 rings (SSSR count). The number of nitrogens with zero attached hydrogens (tertiary/aromatic N) is 2. The van der Waals surface area contributed by atoms with Crippen molar-refractivity contribution in [1.29, 1.82) is 0 Å². The summed E-state index contributed by atoms with van der Waals surface area (Å²) in [5.74, 6) is 0.969. The summed E-state index contributed by atoms with van der Waals surface area (Å²) in [4.78, 5) is 6.97. The summed E-state index contributed by atoms with van der Waals surface area (Å²) in [5.41, 5.74) is 1.26. The van der Waals surface area contributed by atoms with Crippen molar-refractivity contribution in [2.75, 3.05) is 33.1 Å². The van der Waals surface area contributed by atoms with Crippen LogP contribution in [0.25, 0.3) is 0 Å². The van der Waals surface area contributed by atoms with Gasteiger partial charge < -0.3 is 14.8 Å². The Hall–Kier alpha value is -1.17. The fourth-order valence-electron chi connectivity index (χ4n) is 4.17. The number of hydrogen-bond acceptors (Lipinski definition) is 5. The molecular formula is C17H27N3O2. The molecule has 1 saturated heterocycles. The first kappa shape index (κ1) is 15.7. The summed E-state index contributed by atoms with van der Waals surface area (Å²) in [7, 11) is 5.62. The monoisotopic (exact) mass is 305 g/mol. The molecule has 1 aliphatic carbocycles. The first-order chi connectivity index (χ1) is 10.7. The lowest BCUT2D eigenvalue weighted by molar-refractivity contribution is -0.0947. The first-order valence-corrected chi connectivity index (χ1v) is 8.16. The van der Waals surface area contributed by atoms with Gasteiger partial charge in [-0.05, 0) is 31.7 Å². The molecule has 1 aromatic heterocycles. The number of nitrogens with one attached hydrogen (secondary N) is 1. The quantitative estimate of drug-likeness (QED) is 0.904. The van der Waals surface area contributed by atoms with Gasteiger partial charge in [0.1, 0.15) is 5.82 Å². The Morgan fingerprint density at radius 2 is 2.27 bits per heavy atom.